The maximum absolute atomic E-state index is 12.1. The lowest BCUT2D eigenvalue weighted by Gasteiger charge is -2.21. The quantitative estimate of drug-likeness (QED) is 0.220. The fourth-order valence-electron chi connectivity index (χ4n) is 3.27. The molecule has 0 unspecified atom stereocenters. The van der Waals surface area contributed by atoms with E-state index < -0.39 is 0 Å². The fraction of sp³-hybridized carbons (Fsp3) is 0.600. The van der Waals surface area contributed by atoms with E-state index in [9.17, 15) is 4.79 Å². The van der Waals surface area contributed by atoms with Crippen LogP contribution in [0.2, 0.25) is 0 Å². The smallest absolute Gasteiger partial charge is 0.223 e. The molecule has 0 spiro atoms. The number of hydrogen-bond acceptors (Lipinski definition) is 4. The van der Waals surface area contributed by atoms with E-state index in [1.165, 1.54) is 19.3 Å². The molecule has 1 fully saturated rings. The van der Waals surface area contributed by atoms with E-state index in [0.29, 0.717) is 25.6 Å². The van der Waals surface area contributed by atoms with Crippen LogP contribution < -0.4 is 25.4 Å². The van der Waals surface area contributed by atoms with Gasteiger partial charge in [-0.05, 0) is 25.0 Å². The maximum Gasteiger partial charge on any atom is 0.223 e. The summed E-state index contributed by atoms with van der Waals surface area (Å²) in [6.07, 6.45) is 5.63. The Hall–Kier alpha value is -1.71. The molecule has 0 aliphatic heterocycles. The molecular weight excluding hydrogens is 471 g/mol. The van der Waals surface area contributed by atoms with Gasteiger partial charge in [0.1, 0.15) is 11.5 Å². The molecule has 8 heteroatoms. The highest BCUT2D eigenvalue weighted by molar-refractivity contribution is 14.0. The first kappa shape index (κ1) is 24.3. The Morgan fingerprint density at radius 1 is 1.07 bits per heavy atom. The number of ether oxygens (including phenoxy) is 2. The van der Waals surface area contributed by atoms with Crippen molar-refractivity contribution in [1.82, 2.24) is 16.0 Å². The molecule has 0 bridgehead atoms. The predicted molar refractivity (Wildman–Crippen MR) is 123 cm³/mol. The second-order valence-corrected chi connectivity index (χ2v) is 6.66. The van der Waals surface area contributed by atoms with Crippen LogP contribution in [0.25, 0.3) is 0 Å². The Morgan fingerprint density at radius 2 is 1.79 bits per heavy atom. The van der Waals surface area contributed by atoms with Crippen LogP contribution in [0.4, 0.5) is 0 Å². The molecule has 2 rings (SSSR count). The van der Waals surface area contributed by atoms with Gasteiger partial charge >= 0.3 is 0 Å². The SMILES string of the molecule is CN=C(NCCNC(=O)C1CCCCC1)NCc1ccc(OC)cc1OC.I. The van der Waals surface area contributed by atoms with Gasteiger partial charge in [0.25, 0.3) is 0 Å². The first-order valence-electron chi connectivity index (χ1n) is 9.61. The molecule has 0 saturated heterocycles. The molecule has 1 aromatic carbocycles. The molecule has 1 aliphatic carbocycles. The van der Waals surface area contributed by atoms with Crippen molar-refractivity contribution >= 4 is 35.8 Å². The van der Waals surface area contributed by atoms with Gasteiger partial charge in [0.2, 0.25) is 5.91 Å². The van der Waals surface area contributed by atoms with E-state index in [4.69, 9.17) is 9.47 Å². The zero-order chi connectivity index (χ0) is 19.5. The van der Waals surface area contributed by atoms with E-state index in [0.717, 1.165) is 29.9 Å². The van der Waals surface area contributed by atoms with E-state index in [-0.39, 0.29) is 35.8 Å². The topological polar surface area (TPSA) is 84.0 Å². The molecule has 1 amide bonds. The number of methoxy groups -OCH3 is 2. The van der Waals surface area contributed by atoms with Crippen LogP contribution >= 0.6 is 24.0 Å². The van der Waals surface area contributed by atoms with Gasteiger partial charge in [-0.3, -0.25) is 9.79 Å². The number of carbonyl (C=O) groups excluding carboxylic acids is 1. The zero-order valence-corrected chi connectivity index (χ0v) is 19.4. The highest BCUT2D eigenvalue weighted by Crippen LogP contribution is 2.24. The van der Waals surface area contributed by atoms with Gasteiger partial charge in [-0.25, -0.2) is 0 Å². The molecule has 1 aromatic rings. The van der Waals surface area contributed by atoms with Crippen LogP contribution in [-0.4, -0.2) is 46.2 Å². The summed E-state index contributed by atoms with van der Waals surface area (Å²) >= 11 is 0. The highest BCUT2D eigenvalue weighted by atomic mass is 127. The Kier molecular flexibility index (Phi) is 11.7. The summed E-state index contributed by atoms with van der Waals surface area (Å²) in [6.45, 7) is 1.78. The molecule has 1 saturated carbocycles. The number of benzene rings is 1. The van der Waals surface area contributed by atoms with Crippen LogP contribution in [-0.2, 0) is 11.3 Å². The largest absolute Gasteiger partial charge is 0.497 e. The molecule has 7 nitrogen and oxygen atoms in total. The van der Waals surface area contributed by atoms with Crippen molar-refractivity contribution < 1.29 is 14.3 Å². The number of guanidine groups is 1. The number of nitrogens with one attached hydrogen (secondary N) is 3. The summed E-state index contributed by atoms with van der Waals surface area (Å²) in [5, 5.41) is 9.49. The maximum atomic E-state index is 12.1. The summed E-state index contributed by atoms with van der Waals surface area (Å²) in [6, 6.07) is 5.72. The van der Waals surface area contributed by atoms with Crippen LogP contribution in [0.5, 0.6) is 11.5 Å². The summed E-state index contributed by atoms with van der Waals surface area (Å²) in [5.41, 5.74) is 1.01. The first-order valence-corrected chi connectivity index (χ1v) is 9.61. The average Bonchev–Trinajstić information content (AvgIpc) is 2.73. The molecular formula is C20H33IN4O3. The van der Waals surface area contributed by atoms with E-state index >= 15 is 0 Å². The van der Waals surface area contributed by atoms with Crippen molar-refractivity contribution in [2.24, 2.45) is 10.9 Å². The molecule has 0 aromatic heterocycles. The standard InChI is InChI=1S/C20H32N4O3.HI/c1-21-20(23-12-11-22-19(25)15-7-5-4-6-8-15)24-14-16-9-10-17(26-2)13-18(16)27-3;/h9-10,13,15H,4-8,11-12,14H2,1-3H3,(H,22,25)(H2,21,23,24);1H. The molecule has 0 atom stereocenters. The van der Waals surface area contributed by atoms with Crippen molar-refractivity contribution in [3.8, 4) is 11.5 Å². The predicted octanol–water partition coefficient (Wildman–Crippen LogP) is 2.68. The normalized spacial score (nSPS) is 14.6. The molecule has 158 valence electrons. The third-order valence-electron chi connectivity index (χ3n) is 4.86. The van der Waals surface area contributed by atoms with Gasteiger partial charge in [0.05, 0.1) is 14.2 Å². The Balaban J connectivity index is 0.00000392. The van der Waals surface area contributed by atoms with Crippen molar-refractivity contribution in [1.29, 1.82) is 0 Å². The molecule has 28 heavy (non-hydrogen) atoms. The van der Waals surface area contributed by atoms with Gasteiger partial charge in [0.15, 0.2) is 5.96 Å². The lowest BCUT2D eigenvalue weighted by Crippen LogP contribution is -2.42. The van der Waals surface area contributed by atoms with Gasteiger partial charge in [0, 0.05) is 44.2 Å². The lowest BCUT2D eigenvalue weighted by atomic mass is 9.89. The zero-order valence-electron chi connectivity index (χ0n) is 17.0. The van der Waals surface area contributed by atoms with Crippen molar-refractivity contribution in [3.63, 3.8) is 0 Å². The second kappa shape index (κ2) is 13.5. The third kappa shape index (κ3) is 7.73. The van der Waals surface area contributed by atoms with Gasteiger partial charge in [-0.15, -0.1) is 24.0 Å². The van der Waals surface area contributed by atoms with Gasteiger partial charge in [-0.2, -0.15) is 0 Å². The monoisotopic (exact) mass is 504 g/mol. The first-order chi connectivity index (χ1) is 13.2. The Bertz CT molecular complexity index is 634. The third-order valence-corrected chi connectivity index (χ3v) is 4.86. The van der Waals surface area contributed by atoms with E-state index in [1.807, 2.05) is 18.2 Å². The molecule has 1 aliphatic rings. The Morgan fingerprint density at radius 3 is 2.43 bits per heavy atom. The number of halogens is 1. The minimum Gasteiger partial charge on any atom is -0.497 e. The van der Waals surface area contributed by atoms with E-state index in [1.54, 1.807) is 21.3 Å². The molecule has 3 N–H and O–H groups in total. The van der Waals surface area contributed by atoms with Crippen LogP contribution in [0, 0.1) is 5.92 Å². The highest BCUT2D eigenvalue weighted by Gasteiger charge is 2.20. The minimum atomic E-state index is 0. The summed E-state index contributed by atoms with van der Waals surface area (Å²) in [7, 11) is 4.99. The molecule has 0 heterocycles. The van der Waals surface area contributed by atoms with Crippen molar-refractivity contribution in [3.05, 3.63) is 23.8 Å². The number of carbonyl (C=O) groups is 1. The fourth-order valence-corrected chi connectivity index (χ4v) is 3.27. The number of amides is 1. The number of aliphatic imine (C=N–C) groups is 1. The van der Waals surface area contributed by atoms with E-state index in [2.05, 4.69) is 20.9 Å². The Labute approximate surface area is 185 Å². The van der Waals surface area contributed by atoms with Crippen LogP contribution in [0.1, 0.15) is 37.7 Å². The number of hydrogen-bond donors (Lipinski definition) is 3. The summed E-state index contributed by atoms with van der Waals surface area (Å²) in [4.78, 5) is 16.4. The average molecular weight is 504 g/mol. The minimum absolute atomic E-state index is 0. The van der Waals surface area contributed by atoms with Crippen molar-refractivity contribution in [2.75, 3.05) is 34.4 Å². The number of nitrogens with zero attached hydrogens (tertiary/aromatic N) is 1. The lowest BCUT2D eigenvalue weighted by molar-refractivity contribution is -0.125. The summed E-state index contributed by atoms with van der Waals surface area (Å²) in [5.74, 6) is 2.57. The number of rotatable bonds is 8. The summed E-state index contributed by atoms with van der Waals surface area (Å²) < 4.78 is 10.6. The molecule has 0 radical (unpaired) electrons. The second-order valence-electron chi connectivity index (χ2n) is 6.66. The van der Waals surface area contributed by atoms with Gasteiger partial charge in [-0.1, -0.05) is 19.3 Å². The van der Waals surface area contributed by atoms with Gasteiger partial charge < -0.3 is 25.4 Å². The van der Waals surface area contributed by atoms with Crippen molar-refractivity contribution in [2.45, 2.75) is 38.6 Å². The van der Waals surface area contributed by atoms with Crippen LogP contribution in [0.3, 0.4) is 0 Å². The van der Waals surface area contributed by atoms with Crippen LogP contribution in [0.15, 0.2) is 23.2 Å².